The lowest BCUT2D eigenvalue weighted by atomic mass is 10.2. The third-order valence-corrected chi connectivity index (χ3v) is 4.21. The minimum Gasteiger partial charge on any atom is -0.497 e. The van der Waals surface area contributed by atoms with Gasteiger partial charge in [0.05, 0.1) is 14.2 Å². The van der Waals surface area contributed by atoms with Crippen molar-refractivity contribution in [1.29, 1.82) is 0 Å². The molecule has 0 aliphatic heterocycles. The fourth-order valence-corrected chi connectivity index (χ4v) is 2.63. The number of benzene rings is 2. The second kappa shape index (κ2) is 14.3. The third-order valence-electron chi connectivity index (χ3n) is 4.21. The van der Waals surface area contributed by atoms with Crippen LogP contribution in [-0.4, -0.2) is 52.8 Å². The number of carbonyl (C=O) groups excluding carboxylic acids is 1. The Morgan fingerprint density at radius 2 is 1.59 bits per heavy atom. The van der Waals surface area contributed by atoms with Crippen LogP contribution in [0.3, 0.4) is 0 Å². The summed E-state index contributed by atoms with van der Waals surface area (Å²) in [6, 6.07) is 11.3. The van der Waals surface area contributed by atoms with E-state index in [1.165, 1.54) is 13.2 Å². The van der Waals surface area contributed by atoms with Gasteiger partial charge < -0.3 is 30.2 Å². The van der Waals surface area contributed by atoms with Crippen LogP contribution in [-0.2, 0) is 6.54 Å². The first-order valence-electron chi connectivity index (χ1n) is 9.45. The summed E-state index contributed by atoms with van der Waals surface area (Å²) < 4.78 is 40.0. The van der Waals surface area contributed by atoms with Gasteiger partial charge in [-0.2, -0.15) is 8.78 Å². The summed E-state index contributed by atoms with van der Waals surface area (Å²) in [5.74, 6) is 1.46. The number of hydrogen-bond acceptors (Lipinski definition) is 5. The maximum Gasteiger partial charge on any atom is 0.387 e. The van der Waals surface area contributed by atoms with Gasteiger partial charge in [0.1, 0.15) is 17.2 Å². The van der Waals surface area contributed by atoms with Crippen molar-refractivity contribution in [1.82, 2.24) is 16.0 Å². The molecule has 0 saturated heterocycles. The van der Waals surface area contributed by atoms with Gasteiger partial charge >= 0.3 is 6.61 Å². The van der Waals surface area contributed by atoms with E-state index in [2.05, 4.69) is 25.7 Å². The van der Waals surface area contributed by atoms with E-state index in [9.17, 15) is 13.6 Å². The number of guanidine groups is 1. The lowest BCUT2D eigenvalue weighted by Gasteiger charge is -2.15. The zero-order chi connectivity index (χ0) is 22.6. The van der Waals surface area contributed by atoms with Crippen LogP contribution >= 0.6 is 24.0 Å². The van der Waals surface area contributed by atoms with E-state index < -0.39 is 6.61 Å². The van der Waals surface area contributed by atoms with Gasteiger partial charge in [0, 0.05) is 37.8 Å². The lowest BCUT2D eigenvalue weighted by Crippen LogP contribution is -2.41. The summed E-state index contributed by atoms with van der Waals surface area (Å²) in [5.41, 5.74) is 1.00. The number of carbonyl (C=O) groups is 1. The molecule has 2 aromatic carbocycles. The van der Waals surface area contributed by atoms with Crippen LogP contribution in [0.5, 0.6) is 17.2 Å². The number of nitrogens with zero attached hydrogens (tertiary/aromatic N) is 1. The number of methoxy groups -OCH3 is 2. The Kier molecular flexibility index (Phi) is 12.1. The Bertz CT molecular complexity index is 883. The summed E-state index contributed by atoms with van der Waals surface area (Å²) >= 11 is 0. The molecule has 2 rings (SSSR count). The number of ether oxygens (including phenoxy) is 3. The highest BCUT2D eigenvalue weighted by Gasteiger charge is 2.12. The van der Waals surface area contributed by atoms with E-state index >= 15 is 0 Å². The molecule has 32 heavy (non-hydrogen) atoms. The maximum atomic E-state index is 12.6. The summed E-state index contributed by atoms with van der Waals surface area (Å²) in [5, 5.41) is 8.84. The predicted octanol–water partition coefficient (Wildman–Crippen LogP) is 3.02. The van der Waals surface area contributed by atoms with E-state index in [-0.39, 0.29) is 42.2 Å². The van der Waals surface area contributed by atoms with Gasteiger partial charge in [-0.1, -0.05) is 0 Å². The minimum absolute atomic E-state index is 0. The highest BCUT2D eigenvalue weighted by atomic mass is 127. The van der Waals surface area contributed by atoms with Crippen molar-refractivity contribution in [3.05, 3.63) is 53.6 Å². The Labute approximate surface area is 202 Å². The number of aliphatic imine (C=N–C) groups is 1. The number of halogens is 3. The lowest BCUT2D eigenvalue weighted by molar-refractivity contribution is -0.0505. The predicted molar refractivity (Wildman–Crippen MR) is 129 cm³/mol. The van der Waals surface area contributed by atoms with Crippen molar-refractivity contribution in [3.8, 4) is 17.2 Å². The van der Waals surface area contributed by atoms with Gasteiger partial charge in [0.2, 0.25) is 0 Å². The van der Waals surface area contributed by atoms with Crippen LogP contribution in [0.4, 0.5) is 8.78 Å². The van der Waals surface area contributed by atoms with Crippen molar-refractivity contribution < 1.29 is 27.8 Å². The molecule has 8 nitrogen and oxygen atoms in total. The Morgan fingerprint density at radius 1 is 0.969 bits per heavy atom. The van der Waals surface area contributed by atoms with Gasteiger partial charge in [-0.3, -0.25) is 9.79 Å². The van der Waals surface area contributed by atoms with Crippen LogP contribution in [0.1, 0.15) is 15.9 Å². The van der Waals surface area contributed by atoms with Crippen LogP contribution in [0.15, 0.2) is 47.5 Å². The molecule has 0 saturated carbocycles. The monoisotopic (exact) mass is 564 g/mol. The zero-order valence-electron chi connectivity index (χ0n) is 18.0. The smallest absolute Gasteiger partial charge is 0.387 e. The normalized spacial score (nSPS) is 10.8. The standard InChI is InChI=1S/C21H26F2N4O4.HI/c1-24-21(26-11-10-25-19(28)14-4-6-16(29-2)7-5-14)27-13-15-12-17(30-3)8-9-18(15)31-20(22)23;/h4-9,12,20H,10-11,13H2,1-3H3,(H,25,28)(H2,24,26,27);1H. The van der Waals surface area contributed by atoms with E-state index in [4.69, 9.17) is 9.47 Å². The quantitative estimate of drug-likeness (QED) is 0.178. The molecule has 0 fully saturated rings. The average Bonchev–Trinajstić information content (AvgIpc) is 2.78. The number of alkyl halides is 2. The van der Waals surface area contributed by atoms with Gasteiger partial charge in [0.25, 0.3) is 5.91 Å². The van der Waals surface area contributed by atoms with Gasteiger partial charge in [-0.15, -0.1) is 24.0 Å². The fraction of sp³-hybridized carbons (Fsp3) is 0.333. The molecular formula is C21H27F2IN4O4. The zero-order valence-corrected chi connectivity index (χ0v) is 20.3. The topological polar surface area (TPSA) is 93.2 Å². The molecular weight excluding hydrogens is 537 g/mol. The number of amides is 1. The van der Waals surface area contributed by atoms with Gasteiger partial charge in [-0.25, -0.2) is 0 Å². The third kappa shape index (κ3) is 8.73. The number of hydrogen-bond donors (Lipinski definition) is 3. The molecule has 3 N–H and O–H groups in total. The Morgan fingerprint density at radius 3 is 2.19 bits per heavy atom. The van der Waals surface area contributed by atoms with Crippen LogP contribution in [0, 0.1) is 0 Å². The minimum atomic E-state index is -2.93. The molecule has 11 heteroatoms. The van der Waals surface area contributed by atoms with Crippen molar-refractivity contribution in [2.75, 3.05) is 34.4 Å². The number of rotatable bonds is 10. The fourth-order valence-electron chi connectivity index (χ4n) is 2.63. The molecule has 0 unspecified atom stereocenters. The van der Waals surface area contributed by atoms with Crippen molar-refractivity contribution in [3.63, 3.8) is 0 Å². The first-order valence-corrected chi connectivity index (χ1v) is 9.45. The summed E-state index contributed by atoms with van der Waals surface area (Å²) in [6.45, 7) is -2.00. The van der Waals surface area contributed by atoms with E-state index in [1.54, 1.807) is 50.6 Å². The second-order valence-electron chi connectivity index (χ2n) is 6.19. The first kappa shape index (κ1) is 27.2. The van der Waals surface area contributed by atoms with E-state index in [1.807, 2.05) is 0 Å². The Hall–Kier alpha value is -2.83. The van der Waals surface area contributed by atoms with Crippen molar-refractivity contribution in [2.45, 2.75) is 13.2 Å². The van der Waals surface area contributed by atoms with E-state index in [0.29, 0.717) is 41.7 Å². The summed E-state index contributed by atoms with van der Waals surface area (Å²) in [4.78, 5) is 16.2. The molecule has 176 valence electrons. The summed E-state index contributed by atoms with van der Waals surface area (Å²) in [6.07, 6.45) is 0. The highest BCUT2D eigenvalue weighted by molar-refractivity contribution is 14.0. The van der Waals surface area contributed by atoms with Crippen LogP contribution < -0.4 is 30.2 Å². The molecule has 0 aliphatic carbocycles. The van der Waals surface area contributed by atoms with Crippen LogP contribution in [0.25, 0.3) is 0 Å². The largest absolute Gasteiger partial charge is 0.497 e. The average molecular weight is 564 g/mol. The maximum absolute atomic E-state index is 12.6. The highest BCUT2D eigenvalue weighted by Crippen LogP contribution is 2.25. The van der Waals surface area contributed by atoms with Crippen molar-refractivity contribution >= 4 is 35.8 Å². The van der Waals surface area contributed by atoms with Crippen molar-refractivity contribution in [2.24, 2.45) is 4.99 Å². The van der Waals surface area contributed by atoms with Gasteiger partial charge in [-0.05, 0) is 42.5 Å². The molecule has 0 spiro atoms. The molecule has 0 aromatic heterocycles. The molecule has 0 aliphatic rings. The molecule has 2 aromatic rings. The molecule has 0 heterocycles. The molecule has 0 bridgehead atoms. The van der Waals surface area contributed by atoms with Gasteiger partial charge in [0.15, 0.2) is 5.96 Å². The first-order chi connectivity index (χ1) is 15.0. The summed E-state index contributed by atoms with van der Waals surface area (Å²) in [7, 11) is 4.62. The molecule has 0 radical (unpaired) electrons. The molecule has 1 amide bonds. The van der Waals surface area contributed by atoms with E-state index in [0.717, 1.165) is 0 Å². The Balaban J connectivity index is 0.00000512. The number of nitrogens with one attached hydrogen (secondary N) is 3. The SMILES string of the molecule is CN=C(NCCNC(=O)c1ccc(OC)cc1)NCc1cc(OC)ccc1OC(F)F.I. The van der Waals surface area contributed by atoms with Crippen LogP contribution in [0.2, 0.25) is 0 Å². The second-order valence-corrected chi connectivity index (χ2v) is 6.19. The molecule has 0 atom stereocenters.